The van der Waals surface area contributed by atoms with Gasteiger partial charge in [-0.15, -0.1) is 0 Å². The molecule has 110 valence electrons. The zero-order chi connectivity index (χ0) is 14.5. The molecular weight excluding hydrogens is 265 g/mol. The Kier molecular flexibility index (Phi) is 4.63. The van der Waals surface area contributed by atoms with Gasteiger partial charge in [-0.1, -0.05) is 60.7 Å². The summed E-state index contributed by atoms with van der Waals surface area (Å²) in [5.74, 6) is 0. The molecule has 2 aromatic rings. The molecule has 0 aromatic heterocycles. The highest BCUT2D eigenvalue weighted by Gasteiger charge is 2.33. The summed E-state index contributed by atoms with van der Waals surface area (Å²) in [5.41, 5.74) is 2.40. The van der Waals surface area contributed by atoms with E-state index in [1.165, 1.54) is 11.1 Å². The number of hydrogen-bond acceptors (Lipinski definition) is 2. The summed E-state index contributed by atoms with van der Waals surface area (Å²) in [7, 11) is 0. The van der Waals surface area contributed by atoms with Crippen LogP contribution in [-0.2, 0) is 17.8 Å². The van der Waals surface area contributed by atoms with Crippen molar-refractivity contribution in [3.05, 3.63) is 71.8 Å². The molecule has 0 radical (unpaired) electrons. The van der Waals surface area contributed by atoms with Gasteiger partial charge in [0, 0.05) is 13.1 Å². The van der Waals surface area contributed by atoms with Crippen LogP contribution in [0, 0.1) is 0 Å². The monoisotopic (exact) mass is 285 g/mol. The zero-order valence-electron chi connectivity index (χ0n) is 12.0. The van der Waals surface area contributed by atoms with E-state index in [0.29, 0.717) is 6.61 Å². The highest BCUT2D eigenvalue weighted by molar-refractivity contribution is 5.17. The largest absolute Gasteiger partial charge is 0.377 e. The van der Waals surface area contributed by atoms with E-state index in [1.807, 2.05) is 36.4 Å². The van der Waals surface area contributed by atoms with Crippen molar-refractivity contribution < 1.29 is 9.13 Å². The molecule has 0 aliphatic carbocycles. The van der Waals surface area contributed by atoms with E-state index >= 15 is 0 Å². The summed E-state index contributed by atoms with van der Waals surface area (Å²) in [6.07, 6.45) is -0.905. The van der Waals surface area contributed by atoms with Crippen molar-refractivity contribution in [1.29, 1.82) is 0 Å². The predicted molar refractivity (Wildman–Crippen MR) is 81.6 cm³/mol. The van der Waals surface area contributed by atoms with Gasteiger partial charge in [0.15, 0.2) is 0 Å². The van der Waals surface area contributed by atoms with Crippen LogP contribution in [0.1, 0.15) is 11.1 Å². The van der Waals surface area contributed by atoms with Gasteiger partial charge in [-0.05, 0) is 11.1 Å². The first-order chi connectivity index (χ1) is 10.3. The van der Waals surface area contributed by atoms with E-state index in [1.54, 1.807) is 0 Å². The average molecular weight is 285 g/mol. The molecule has 1 heterocycles. The lowest BCUT2D eigenvalue weighted by molar-refractivity contribution is 0.120. The topological polar surface area (TPSA) is 12.5 Å². The molecule has 1 aliphatic rings. The van der Waals surface area contributed by atoms with E-state index in [4.69, 9.17) is 4.74 Å². The average Bonchev–Trinajstić information content (AvgIpc) is 2.95. The quantitative estimate of drug-likeness (QED) is 0.834. The number of hydrogen-bond donors (Lipinski definition) is 0. The minimum atomic E-state index is -0.905. The highest BCUT2D eigenvalue weighted by atomic mass is 19.1. The first-order valence-corrected chi connectivity index (χ1v) is 7.36. The molecule has 21 heavy (non-hydrogen) atoms. The van der Waals surface area contributed by atoms with Gasteiger partial charge in [0.05, 0.1) is 19.3 Å². The summed E-state index contributed by atoms with van der Waals surface area (Å²) in [4.78, 5) is 2.18. The van der Waals surface area contributed by atoms with E-state index < -0.39 is 6.17 Å². The summed E-state index contributed by atoms with van der Waals surface area (Å²) in [6.45, 7) is 2.17. The van der Waals surface area contributed by atoms with Crippen molar-refractivity contribution in [3.63, 3.8) is 0 Å². The Morgan fingerprint density at radius 1 is 0.857 bits per heavy atom. The number of alkyl halides is 1. The first kappa shape index (κ1) is 14.2. The molecule has 1 saturated heterocycles. The molecule has 2 aromatic carbocycles. The molecular formula is C18H20FNO. The maximum Gasteiger partial charge on any atom is 0.141 e. The fraction of sp³-hybridized carbons (Fsp3) is 0.333. The molecule has 0 saturated carbocycles. The van der Waals surface area contributed by atoms with E-state index in [0.717, 1.165) is 13.1 Å². The lowest BCUT2D eigenvalue weighted by atomic mass is 10.1. The van der Waals surface area contributed by atoms with E-state index in [-0.39, 0.29) is 12.6 Å². The normalized spacial score (nSPS) is 21.8. The Labute approximate surface area is 125 Å². The first-order valence-electron chi connectivity index (χ1n) is 7.36. The summed E-state index contributed by atoms with van der Waals surface area (Å²) < 4.78 is 19.4. The molecule has 2 atom stereocenters. The fourth-order valence-corrected chi connectivity index (χ4v) is 2.78. The van der Waals surface area contributed by atoms with Crippen molar-refractivity contribution in [2.45, 2.75) is 25.3 Å². The smallest absolute Gasteiger partial charge is 0.141 e. The number of ether oxygens (including phenoxy) is 1. The van der Waals surface area contributed by atoms with E-state index in [2.05, 4.69) is 29.2 Å². The van der Waals surface area contributed by atoms with Gasteiger partial charge in [-0.3, -0.25) is 4.90 Å². The van der Waals surface area contributed by atoms with Crippen molar-refractivity contribution in [2.75, 3.05) is 13.2 Å². The van der Waals surface area contributed by atoms with Gasteiger partial charge in [0.2, 0.25) is 0 Å². The summed E-state index contributed by atoms with van der Waals surface area (Å²) >= 11 is 0. The summed E-state index contributed by atoms with van der Waals surface area (Å²) in [6, 6.07) is 20.3. The minimum absolute atomic E-state index is 0.162. The van der Waals surface area contributed by atoms with Gasteiger partial charge in [-0.2, -0.15) is 0 Å². The second kappa shape index (κ2) is 6.83. The summed E-state index contributed by atoms with van der Waals surface area (Å²) in [5, 5.41) is 0. The minimum Gasteiger partial charge on any atom is -0.377 e. The zero-order valence-corrected chi connectivity index (χ0v) is 12.0. The van der Waals surface area contributed by atoms with Crippen LogP contribution in [0.2, 0.25) is 0 Å². The van der Waals surface area contributed by atoms with Crippen LogP contribution in [0.4, 0.5) is 4.39 Å². The standard InChI is InChI=1S/C18H20FNO/c19-17-13-21-14-18(17)20(11-15-7-3-1-4-8-15)12-16-9-5-2-6-10-16/h1-10,17-18H,11-14H2/t17-,18+/m0/s1. The second-order valence-electron chi connectivity index (χ2n) is 5.50. The Morgan fingerprint density at radius 2 is 1.38 bits per heavy atom. The van der Waals surface area contributed by atoms with Crippen LogP contribution in [-0.4, -0.2) is 30.3 Å². The SMILES string of the molecule is F[C@H]1COC[C@H]1N(Cc1ccccc1)Cc1ccccc1. The Morgan fingerprint density at radius 3 is 1.81 bits per heavy atom. The Hall–Kier alpha value is -1.71. The van der Waals surface area contributed by atoms with E-state index in [9.17, 15) is 4.39 Å². The molecule has 0 amide bonds. The third-order valence-corrected chi connectivity index (χ3v) is 3.91. The predicted octanol–water partition coefficient (Wildman–Crippen LogP) is 3.43. The van der Waals surface area contributed by atoms with Crippen molar-refractivity contribution in [1.82, 2.24) is 4.90 Å². The number of rotatable bonds is 5. The number of benzene rings is 2. The van der Waals surface area contributed by atoms with Crippen LogP contribution in [0.25, 0.3) is 0 Å². The third kappa shape index (κ3) is 3.69. The fourth-order valence-electron chi connectivity index (χ4n) is 2.78. The highest BCUT2D eigenvalue weighted by Crippen LogP contribution is 2.21. The number of halogens is 1. The maximum atomic E-state index is 14.1. The second-order valence-corrected chi connectivity index (χ2v) is 5.50. The number of nitrogens with zero attached hydrogens (tertiary/aromatic N) is 1. The van der Waals surface area contributed by atoms with Gasteiger partial charge in [-0.25, -0.2) is 4.39 Å². The Bertz CT molecular complexity index is 504. The molecule has 3 heteroatoms. The third-order valence-electron chi connectivity index (χ3n) is 3.91. The lowest BCUT2D eigenvalue weighted by Gasteiger charge is -2.29. The molecule has 0 unspecified atom stereocenters. The maximum absolute atomic E-state index is 14.1. The molecule has 1 fully saturated rings. The van der Waals surface area contributed by atoms with Crippen LogP contribution < -0.4 is 0 Å². The molecule has 0 spiro atoms. The van der Waals surface area contributed by atoms with Crippen LogP contribution >= 0.6 is 0 Å². The molecule has 3 rings (SSSR count). The van der Waals surface area contributed by atoms with Gasteiger partial charge in [0.1, 0.15) is 6.17 Å². The molecule has 2 nitrogen and oxygen atoms in total. The molecule has 0 bridgehead atoms. The van der Waals surface area contributed by atoms with Gasteiger partial charge >= 0.3 is 0 Å². The van der Waals surface area contributed by atoms with Gasteiger partial charge < -0.3 is 4.74 Å². The van der Waals surface area contributed by atoms with Crippen molar-refractivity contribution in [3.8, 4) is 0 Å². The van der Waals surface area contributed by atoms with Crippen LogP contribution in [0.3, 0.4) is 0 Å². The Balaban J connectivity index is 1.77. The molecule has 1 aliphatic heterocycles. The lowest BCUT2D eigenvalue weighted by Crippen LogP contribution is -2.40. The van der Waals surface area contributed by atoms with Crippen molar-refractivity contribution >= 4 is 0 Å². The molecule has 0 N–H and O–H groups in total. The van der Waals surface area contributed by atoms with Gasteiger partial charge in [0.25, 0.3) is 0 Å². The van der Waals surface area contributed by atoms with Crippen LogP contribution in [0.5, 0.6) is 0 Å². The van der Waals surface area contributed by atoms with Crippen molar-refractivity contribution in [2.24, 2.45) is 0 Å². The van der Waals surface area contributed by atoms with Crippen LogP contribution in [0.15, 0.2) is 60.7 Å².